The number of fused-ring (bicyclic) bond motifs is 1. The molecule has 0 unspecified atom stereocenters. The van der Waals surface area contributed by atoms with E-state index >= 15 is 0 Å². The zero-order chi connectivity index (χ0) is 18.4. The van der Waals surface area contributed by atoms with E-state index in [-0.39, 0.29) is 11.4 Å². The van der Waals surface area contributed by atoms with Gasteiger partial charge in [-0.1, -0.05) is 0 Å². The SMILES string of the molecule is N[C@H]1CCN(c2cc3c(cc2F)c(=O)c(C(=O)O)cn3-c2cscn2)C1. The lowest BCUT2D eigenvalue weighted by Gasteiger charge is -2.20. The van der Waals surface area contributed by atoms with E-state index in [2.05, 4.69) is 4.98 Å². The quantitative estimate of drug-likeness (QED) is 0.725. The zero-order valence-corrected chi connectivity index (χ0v) is 14.4. The number of hydrogen-bond donors (Lipinski definition) is 2. The molecule has 3 heterocycles. The first-order valence-corrected chi connectivity index (χ1v) is 8.91. The lowest BCUT2D eigenvalue weighted by atomic mass is 10.1. The second-order valence-electron chi connectivity index (χ2n) is 6.21. The first-order valence-electron chi connectivity index (χ1n) is 7.97. The molecule has 1 aromatic carbocycles. The summed E-state index contributed by atoms with van der Waals surface area (Å²) in [6.07, 6.45) is 1.99. The molecule has 1 fully saturated rings. The Labute approximate surface area is 151 Å². The van der Waals surface area contributed by atoms with Gasteiger partial charge >= 0.3 is 5.97 Å². The topological polar surface area (TPSA) is 101 Å². The normalized spacial score (nSPS) is 17.2. The van der Waals surface area contributed by atoms with Crippen molar-refractivity contribution < 1.29 is 14.3 Å². The first-order chi connectivity index (χ1) is 12.5. The Morgan fingerprint density at radius 2 is 2.23 bits per heavy atom. The van der Waals surface area contributed by atoms with Crippen LogP contribution in [0.4, 0.5) is 10.1 Å². The number of nitrogens with two attached hydrogens (primary N) is 1. The molecule has 1 aliphatic rings. The van der Waals surface area contributed by atoms with Crippen molar-refractivity contribution in [1.29, 1.82) is 0 Å². The van der Waals surface area contributed by atoms with Crippen LogP contribution in [0.15, 0.2) is 34.0 Å². The van der Waals surface area contributed by atoms with Crippen LogP contribution in [0.2, 0.25) is 0 Å². The van der Waals surface area contributed by atoms with Gasteiger partial charge in [0.25, 0.3) is 0 Å². The minimum Gasteiger partial charge on any atom is -0.477 e. The molecule has 1 atom stereocenters. The number of benzene rings is 1. The van der Waals surface area contributed by atoms with Crippen molar-refractivity contribution >= 4 is 33.9 Å². The lowest BCUT2D eigenvalue weighted by molar-refractivity contribution is 0.0695. The monoisotopic (exact) mass is 374 g/mol. The number of halogens is 1. The molecule has 3 N–H and O–H groups in total. The minimum atomic E-state index is -1.36. The van der Waals surface area contributed by atoms with Crippen molar-refractivity contribution in [2.75, 3.05) is 18.0 Å². The Balaban J connectivity index is 2.02. The Bertz CT molecular complexity index is 1060. The van der Waals surface area contributed by atoms with Crippen LogP contribution in [-0.2, 0) is 0 Å². The number of carbonyl (C=O) groups is 1. The average Bonchev–Trinajstić information content (AvgIpc) is 3.26. The van der Waals surface area contributed by atoms with E-state index in [0.29, 0.717) is 30.1 Å². The summed E-state index contributed by atoms with van der Waals surface area (Å²) in [6.45, 7) is 1.15. The zero-order valence-electron chi connectivity index (χ0n) is 13.6. The van der Waals surface area contributed by atoms with Crippen LogP contribution in [0.3, 0.4) is 0 Å². The van der Waals surface area contributed by atoms with E-state index in [1.165, 1.54) is 22.1 Å². The van der Waals surface area contributed by atoms with Gasteiger partial charge in [0.1, 0.15) is 17.2 Å². The fourth-order valence-corrected chi connectivity index (χ4v) is 3.78. The summed E-state index contributed by atoms with van der Waals surface area (Å²) >= 11 is 1.34. The number of hydrogen-bond acceptors (Lipinski definition) is 6. The van der Waals surface area contributed by atoms with Crippen LogP contribution in [0.1, 0.15) is 16.8 Å². The molecule has 0 amide bonds. The van der Waals surface area contributed by atoms with Gasteiger partial charge in [-0.3, -0.25) is 9.36 Å². The van der Waals surface area contributed by atoms with Gasteiger partial charge in [0.2, 0.25) is 5.43 Å². The van der Waals surface area contributed by atoms with Crippen LogP contribution >= 0.6 is 11.3 Å². The number of anilines is 1. The predicted molar refractivity (Wildman–Crippen MR) is 96.9 cm³/mol. The van der Waals surface area contributed by atoms with Gasteiger partial charge in [-0.05, 0) is 18.6 Å². The van der Waals surface area contributed by atoms with Gasteiger partial charge in [0.15, 0.2) is 0 Å². The second-order valence-corrected chi connectivity index (χ2v) is 6.93. The molecule has 0 bridgehead atoms. The number of carboxylic acids is 1. The van der Waals surface area contributed by atoms with Gasteiger partial charge in [-0.25, -0.2) is 14.2 Å². The van der Waals surface area contributed by atoms with Crippen molar-refractivity contribution in [1.82, 2.24) is 9.55 Å². The third-order valence-electron chi connectivity index (χ3n) is 4.53. The standard InChI is InChI=1S/C17H15FN4O3S/c18-12-3-10-13(4-14(12)21-2-1-9(19)5-21)22(15-7-26-8-20-15)6-11(16(10)23)17(24)25/h3-4,6-9H,1-2,5,19H2,(H,24,25)/t9-/m0/s1. The van der Waals surface area contributed by atoms with Crippen LogP contribution in [0.5, 0.6) is 0 Å². The Morgan fingerprint density at radius 1 is 1.42 bits per heavy atom. The molecule has 7 nitrogen and oxygen atoms in total. The number of aromatic carboxylic acids is 1. The van der Waals surface area contributed by atoms with Crippen molar-refractivity contribution in [3.05, 3.63) is 50.8 Å². The second kappa shape index (κ2) is 6.19. The smallest absolute Gasteiger partial charge is 0.341 e. The maximum absolute atomic E-state index is 14.7. The van der Waals surface area contributed by atoms with Gasteiger partial charge in [0.05, 0.1) is 22.1 Å². The predicted octanol–water partition coefficient (Wildman–Crippen LogP) is 1.82. The molecule has 134 valence electrons. The van der Waals surface area contributed by atoms with E-state index in [1.54, 1.807) is 17.0 Å². The Morgan fingerprint density at radius 3 is 2.85 bits per heavy atom. The highest BCUT2D eigenvalue weighted by Crippen LogP contribution is 2.29. The van der Waals surface area contributed by atoms with Gasteiger partial charge in [0, 0.05) is 30.7 Å². The van der Waals surface area contributed by atoms with Crippen molar-refractivity contribution in [2.45, 2.75) is 12.5 Å². The van der Waals surface area contributed by atoms with Gasteiger partial charge < -0.3 is 15.7 Å². The molecule has 0 aliphatic carbocycles. The summed E-state index contributed by atoms with van der Waals surface area (Å²) < 4.78 is 16.2. The largest absolute Gasteiger partial charge is 0.477 e. The van der Waals surface area contributed by atoms with Gasteiger partial charge in [-0.2, -0.15) is 0 Å². The first kappa shape index (κ1) is 16.7. The van der Waals surface area contributed by atoms with Crippen molar-refractivity contribution in [3.8, 4) is 5.82 Å². The molecule has 0 radical (unpaired) electrons. The molecule has 0 spiro atoms. The molecule has 1 saturated heterocycles. The summed E-state index contributed by atoms with van der Waals surface area (Å²) in [4.78, 5) is 30.0. The fourth-order valence-electron chi connectivity index (χ4n) is 3.25. The molecule has 0 saturated carbocycles. The fraction of sp³-hybridized carbons (Fsp3) is 0.235. The highest BCUT2D eigenvalue weighted by molar-refractivity contribution is 7.07. The molecular formula is C17H15FN4O3S. The van der Waals surface area contributed by atoms with E-state index in [9.17, 15) is 19.1 Å². The van der Waals surface area contributed by atoms with E-state index < -0.39 is 22.8 Å². The minimum absolute atomic E-state index is 0.00245. The number of rotatable bonds is 3. The highest BCUT2D eigenvalue weighted by atomic mass is 32.1. The molecule has 2 aromatic heterocycles. The maximum Gasteiger partial charge on any atom is 0.341 e. The van der Waals surface area contributed by atoms with Crippen LogP contribution in [0.25, 0.3) is 16.7 Å². The van der Waals surface area contributed by atoms with Crippen LogP contribution in [0, 0.1) is 5.82 Å². The highest BCUT2D eigenvalue weighted by Gasteiger charge is 2.24. The Hall–Kier alpha value is -2.78. The average molecular weight is 374 g/mol. The molecule has 9 heteroatoms. The third kappa shape index (κ3) is 2.65. The summed E-state index contributed by atoms with van der Waals surface area (Å²) in [5.74, 6) is -1.47. The third-order valence-corrected chi connectivity index (χ3v) is 5.11. The van der Waals surface area contributed by atoms with E-state index in [0.717, 1.165) is 12.5 Å². The van der Waals surface area contributed by atoms with Crippen LogP contribution < -0.4 is 16.1 Å². The number of nitrogens with zero attached hydrogens (tertiary/aromatic N) is 3. The maximum atomic E-state index is 14.7. The lowest BCUT2D eigenvalue weighted by Crippen LogP contribution is -2.27. The van der Waals surface area contributed by atoms with Crippen molar-refractivity contribution in [3.63, 3.8) is 0 Å². The number of thiazole rings is 1. The Kier molecular flexibility index (Phi) is 3.97. The number of carboxylic acid groups (broad SMARTS) is 1. The molecule has 26 heavy (non-hydrogen) atoms. The van der Waals surface area contributed by atoms with E-state index in [1.807, 2.05) is 4.90 Å². The molecular weight excluding hydrogens is 359 g/mol. The number of pyridine rings is 1. The summed E-state index contributed by atoms with van der Waals surface area (Å²) in [5.41, 5.74) is 7.12. The van der Waals surface area contributed by atoms with Gasteiger partial charge in [-0.15, -0.1) is 11.3 Å². The molecule has 3 aromatic rings. The summed E-state index contributed by atoms with van der Waals surface area (Å²) in [5, 5.41) is 11.1. The molecule has 4 rings (SSSR count). The number of aromatic nitrogens is 2. The molecule has 1 aliphatic heterocycles. The van der Waals surface area contributed by atoms with Crippen LogP contribution in [-0.4, -0.2) is 39.8 Å². The summed E-state index contributed by atoms with van der Waals surface area (Å²) in [6, 6.07) is 2.64. The van der Waals surface area contributed by atoms with Crippen molar-refractivity contribution in [2.24, 2.45) is 5.73 Å². The summed E-state index contributed by atoms with van der Waals surface area (Å²) in [7, 11) is 0. The van der Waals surface area contributed by atoms with E-state index in [4.69, 9.17) is 5.73 Å².